The number of likely N-dealkylation sites (N-methyl/N-ethyl adjacent to an activating group) is 1. The topological polar surface area (TPSA) is 29.3 Å². The summed E-state index contributed by atoms with van der Waals surface area (Å²) in [6.07, 6.45) is 1.12. The van der Waals surface area contributed by atoms with Gasteiger partial charge in [-0.2, -0.15) is 0 Å². The van der Waals surface area contributed by atoms with Crippen molar-refractivity contribution >= 4 is 27.5 Å². The van der Waals surface area contributed by atoms with Gasteiger partial charge in [0.1, 0.15) is 0 Å². The van der Waals surface area contributed by atoms with E-state index in [-0.39, 0.29) is 6.04 Å². The first-order chi connectivity index (χ1) is 7.60. The minimum atomic E-state index is 0.242. The maximum Gasteiger partial charge on any atom is 0.0478 e. The Morgan fingerprint density at radius 1 is 1.50 bits per heavy atom. The average Bonchev–Trinajstić information content (AvgIpc) is 2.22. The van der Waals surface area contributed by atoms with Crippen LogP contribution >= 0.6 is 27.5 Å². The molecule has 2 nitrogen and oxygen atoms in total. The van der Waals surface area contributed by atoms with Crippen LogP contribution in [0.3, 0.4) is 0 Å². The molecule has 0 spiro atoms. The van der Waals surface area contributed by atoms with Crippen LogP contribution in [0.5, 0.6) is 0 Å². The van der Waals surface area contributed by atoms with E-state index in [4.69, 9.17) is 17.3 Å². The summed E-state index contributed by atoms with van der Waals surface area (Å²) in [4.78, 5) is 2.27. The Bertz CT molecular complexity index is 344. The molecule has 0 aliphatic rings. The molecule has 0 saturated heterocycles. The van der Waals surface area contributed by atoms with Crippen LogP contribution in [0.2, 0.25) is 5.02 Å². The third-order valence-electron chi connectivity index (χ3n) is 2.65. The van der Waals surface area contributed by atoms with Gasteiger partial charge in [0, 0.05) is 22.1 Å². The van der Waals surface area contributed by atoms with Crippen molar-refractivity contribution in [3.8, 4) is 0 Å². The van der Waals surface area contributed by atoms with Gasteiger partial charge < -0.3 is 5.73 Å². The number of nitrogens with zero attached hydrogens (tertiary/aromatic N) is 1. The molecule has 16 heavy (non-hydrogen) atoms. The standard InChI is InChI=1S/C12H18BrClN2/c1-3-6-16(2)12(8-15)10-5-4-9(14)7-11(10)13/h4-5,7,12H,3,6,8,15H2,1-2H3. The fourth-order valence-electron chi connectivity index (χ4n) is 1.82. The van der Waals surface area contributed by atoms with Gasteiger partial charge in [-0.25, -0.2) is 0 Å². The van der Waals surface area contributed by atoms with E-state index in [9.17, 15) is 0 Å². The van der Waals surface area contributed by atoms with Crippen LogP contribution in [0, 0.1) is 0 Å². The monoisotopic (exact) mass is 304 g/mol. The van der Waals surface area contributed by atoms with Gasteiger partial charge in [0.25, 0.3) is 0 Å². The Hall–Kier alpha value is -0.0900. The third kappa shape index (κ3) is 3.45. The molecule has 0 aliphatic carbocycles. The molecule has 90 valence electrons. The first kappa shape index (κ1) is 14.0. The largest absolute Gasteiger partial charge is 0.329 e. The summed E-state index contributed by atoms with van der Waals surface area (Å²) in [5, 5.41) is 0.740. The Morgan fingerprint density at radius 2 is 2.19 bits per heavy atom. The molecule has 0 fully saturated rings. The highest BCUT2D eigenvalue weighted by Gasteiger charge is 2.17. The lowest BCUT2D eigenvalue weighted by atomic mass is 10.1. The molecule has 1 unspecified atom stereocenters. The molecule has 0 aromatic heterocycles. The summed E-state index contributed by atoms with van der Waals surface area (Å²) in [6.45, 7) is 3.81. The van der Waals surface area contributed by atoms with Crippen LogP contribution in [0.1, 0.15) is 24.9 Å². The molecular weight excluding hydrogens is 288 g/mol. The zero-order valence-corrected chi connectivity index (χ0v) is 12.1. The fraction of sp³-hybridized carbons (Fsp3) is 0.500. The minimum Gasteiger partial charge on any atom is -0.329 e. The molecule has 1 atom stereocenters. The van der Waals surface area contributed by atoms with Gasteiger partial charge >= 0.3 is 0 Å². The maximum absolute atomic E-state index is 5.93. The van der Waals surface area contributed by atoms with Crippen LogP contribution < -0.4 is 5.73 Å². The third-order valence-corrected chi connectivity index (χ3v) is 3.57. The zero-order chi connectivity index (χ0) is 12.1. The van der Waals surface area contributed by atoms with Crippen molar-refractivity contribution in [2.45, 2.75) is 19.4 Å². The molecule has 0 amide bonds. The van der Waals surface area contributed by atoms with E-state index < -0.39 is 0 Å². The Kier molecular flexibility index (Phi) is 5.76. The molecule has 0 bridgehead atoms. The molecule has 1 aromatic rings. The molecule has 0 aliphatic heterocycles. The Morgan fingerprint density at radius 3 is 2.69 bits per heavy atom. The second-order valence-electron chi connectivity index (χ2n) is 3.90. The van der Waals surface area contributed by atoms with Gasteiger partial charge in [0.2, 0.25) is 0 Å². The highest BCUT2D eigenvalue weighted by atomic mass is 79.9. The lowest BCUT2D eigenvalue weighted by Crippen LogP contribution is -2.31. The molecule has 1 rings (SSSR count). The smallest absolute Gasteiger partial charge is 0.0478 e. The van der Waals surface area contributed by atoms with E-state index in [0.717, 1.165) is 22.5 Å². The van der Waals surface area contributed by atoms with Crippen LogP contribution in [0.15, 0.2) is 22.7 Å². The van der Waals surface area contributed by atoms with Gasteiger partial charge in [-0.3, -0.25) is 4.90 Å². The van der Waals surface area contributed by atoms with E-state index in [1.165, 1.54) is 5.56 Å². The van der Waals surface area contributed by atoms with E-state index in [2.05, 4.69) is 34.8 Å². The zero-order valence-electron chi connectivity index (χ0n) is 9.71. The van der Waals surface area contributed by atoms with Crippen LogP contribution in [-0.4, -0.2) is 25.0 Å². The highest BCUT2D eigenvalue weighted by Crippen LogP contribution is 2.29. The summed E-state index contributed by atoms with van der Waals surface area (Å²) in [5.41, 5.74) is 7.04. The van der Waals surface area contributed by atoms with E-state index >= 15 is 0 Å². The number of benzene rings is 1. The average molecular weight is 306 g/mol. The summed E-state index contributed by atoms with van der Waals surface area (Å²) in [6, 6.07) is 6.10. The predicted molar refractivity (Wildman–Crippen MR) is 73.9 cm³/mol. The number of hydrogen-bond acceptors (Lipinski definition) is 2. The molecular formula is C12H18BrClN2. The summed E-state index contributed by atoms with van der Waals surface area (Å²) >= 11 is 9.47. The van der Waals surface area contributed by atoms with E-state index in [1.54, 1.807) is 0 Å². The predicted octanol–water partition coefficient (Wildman–Crippen LogP) is 3.44. The van der Waals surface area contributed by atoms with Gasteiger partial charge in [0.15, 0.2) is 0 Å². The van der Waals surface area contributed by atoms with Crippen molar-refractivity contribution in [3.05, 3.63) is 33.3 Å². The summed E-state index contributed by atoms with van der Waals surface area (Å²) < 4.78 is 1.03. The van der Waals surface area contributed by atoms with Crippen molar-refractivity contribution < 1.29 is 0 Å². The second kappa shape index (κ2) is 6.60. The van der Waals surface area contributed by atoms with Gasteiger partial charge in [-0.15, -0.1) is 0 Å². The van der Waals surface area contributed by atoms with Crippen LogP contribution in [0.4, 0.5) is 0 Å². The summed E-state index contributed by atoms with van der Waals surface area (Å²) in [5.74, 6) is 0. The van der Waals surface area contributed by atoms with Crippen LogP contribution in [0.25, 0.3) is 0 Å². The molecule has 0 heterocycles. The number of nitrogens with two attached hydrogens (primary N) is 1. The number of halogens is 2. The first-order valence-electron chi connectivity index (χ1n) is 5.45. The SMILES string of the molecule is CCCN(C)C(CN)c1ccc(Cl)cc1Br. The maximum atomic E-state index is 5.93. The van der Waals surface area contributed by atoms with Crippen molar-refractivity contribution in [2.75, 3.05) is 20.1 Å². The van der Waals surface area contributed by atoms with Crippen molar-refractivity contribution in [1.82, 2.24) is 4.90 Å². The number of rotatable bonds is 5. The number of hydrogen-bond donors (Lipinski definition) is 1. The van der Waals surface area contributed by atoms with E-state index in [1.807, 2.05) is 18.2 Å². The van der Waals surface area contributed by atoms with Gasteiger partial charge in [0.05, 0.1) is 0 Å². The first-order valence-corrected chi connectivity index (χ1v) is 6.62. The quantitative estimate of drug-likeness (QED) is 0.903. The van der Waals surface area contributed by atoms with Crippen molar-refractivity contribution in [3.63, 3.8) is 0 Å². The van der Waals surface area contributed by atoms with Crippen molar-refractivity contribution in [1.29, 1.82) is 0 Å². The second-order valence-corrected chi connectivity index (χ2v) is 5.19. The molecule has 2 N–H and O–H groups in total. The Labute approximate surface area is 111 Å². The van der Waals surface area contributed by atoms with Gasteiger partial charge in [-0.05, 0) is 37.7 Å². The highest BCUT2D eigenvalue weighted by molar-refractivity contribution is 9.10. The lowest BCUT2D eigenvalue weighted by Gasteiger charge is -2.27. The fourth-order valence-corrected chi connectivity index (χ4v) is 2.77. The normalized spacial score (nSPS) is 13.1. The van der Waals surface area contributed by atoms with Crippen LogP contribution in [-0.2, 0) is 0 Å². The summed E-state index contributed by atoms with van der Waals surface area (Å²) in [7, 11) is 2.10. The van der Waals surface area contributed by atoms with Crippen molar-refractivity contribution in [2.24, 2.45) is 5.73 Å². The lowest BCUT2D eigenvalue weighted by molar-refractivity contribution is 0.250. The molecule has 4 heteroatoms. The minimum absolute atomic E-state index is 0.242. The molecule has 1 aromatic carbocycles. The molecule has 0 saturated carbocycles. The Balaban J connectivity index is 2.94. The van der Waals surface area contributed by atoms with Gasteiger partial charge in [-0.1, -0.05) is 40.5 Å². The van der Waals surface area contributed by atoms with E-state index in [0.29, 0.717) is 6.54 Å². The molecule has 0 radical (unpaired) electrons.